The summed E-state index contributed by atoms with van der Waals surface area (Å²) in [6, 6.07) is 2.44. The zero-order valence-electron chi connectivity index (χ0n) is 9.54. The summed E-state index contributed by atoms with van der Waals surface area (Å²) in [4.78, 5) is 15.4. The molecular weight excluding hydrogens is 266 g/mol. The molecule has 0 bridgehead atoms. The van der Waals surface area contributed by atoms with Crippen molar-refractivity contribution in [1.82, 2.24) is 19.9 Å². The van der Waals surface area contributed by atoms with Crippen LogP contribution < -0.4 is 5.32 Å². The molecule has 0 aliphatic rings. The van der Waals surface area contributed by atoms with E-state index in [1.807, 2.05) is 0 Å². The van der Waals surface area contributed by atoms with Gasteiger partial charge in [0.1, 0.15) is 5.69 Å². The van der Waals surface area contributed by atoms with Gasteiger partial charge in [-0.05, 0) is 24.6 Å². The molecule has 2 rings (SSSR count). The molecule has 1 amide bonds. The molecule has 0 unspecified atom stereocenters. The van der Waals surface area contributed by atoms with Crippen LogP contribution in [0.5, 0.6) is 0 Å². The van der Waals surface area contributed by atoms with Crippen LogP contribution in [0.25, 0.3) is 5.65 Å². The maximum absolute atomic E-state index is 13.2. The van der Waals surface area contributed by atoms with Crippen LogP contribution in [-0.4, -0.2) is 27.6 Å². The second-order valence-electron chi connectivity index (χ2n) is 3.66. The Bertz CT molecular complexity index is 620. The minimum Gasteiger partial charge on any atom is -0.354 e. The zero-order valence-corrected chi connectivity index (χ0v) is 10.3. The lowest BCUT2D eigenvalue weighted by atomic mass is 10.3. The third kappa shape index (κ3) is 2.13. The van der Waals surface area contributed by atoms with Gasteiger partial charge in [0.2, 0.25) is 0 Å². The van der Waals surface area contributed by atoms with E-state index in [0.29, 0.717) is 5.69 Å². The van der Waals surface area contributed by atoms with Crippen molar-refractivity contribution < 1.29 is 13.6 Å². The van der Waals surface area contributed by atoms with Gasteiger partial charge in [0.15, 0.2) is 11.3 Å². The minimum absolute atomic E-state index is 0.00207. The first-order valence-electron chi connectivity index (χ1n) is 4.99. The molecule has 0 fully saturated rings. The van der Waals surface area contributed by atoms with Crippen LogP contribution in [0.2, 0.25) is 0 Å². The van der Waals surface area contributed by atoms with Crippen molar-refractivity contribution in [2.75, 3.05) is 7.05 Å². The van der Waals surface area contributed by atoms with E-state index in [9.17, 15) is 13.6 Å². The number of nitrogens with zero attached hydrogens (tertiary/aromatic N) is 3. The fraction of sp³-hybridized carbons (Fsp3) is 0.300. The molecule has 0 aromatic carbocycles. The lowest BCUT2D eigenvalue weighted by molar-refractivity contribution is 0.0865. The second kappa shape index (κ2) is 4.16. The number of amides is 1. The highest BCUT2D eigenvalue weighted by atomic mass is 35.5. The molecular formula is C10H9ClF2N4O. The van der Waals surface area contributed by atoms with Crippen molar-refractivity contribution in [2.45, 2.75) is 12.3 Å². The van der Waals surface area contributed by atoms with Crippen LogP contribution >= 0.6 is 11.6 Å². The van der Waals surface area contributed by atoms with Gasteiger partial charge < -0.3 is 5.32 Å². The number of aryl methyl sites for hydroxylation is 1. The lowest BCUT2D eigenvalue weighted by Gasteiger charge is -2.10. The average molecular weight is 275 g/mol. The minimum atomic E-state index is -3.59. The number of hydrogen-bond acceptors (Lipinski definition) is 3. The number of carbonyl (C=O) groups excluding carboxylic acids is 1. The van der Waals surface area contributed by atoms with Gasteiger partial charge in [-0.2, -0.15) is 13.9 Å². The predicted octanol–water partition coefficient (Wildman–Crippen LogP) is 1.69. The fourth-order valence-corrected chi connectivity index (χ4v) is 1.68. The van der Waals surface area contributed by atoms with E-state index < -0.39 is 17.0 Å². The van der Waals surface area contributed by atoms with Crippen LogP contribution in [0.1, 0.15) is 21.9 Å². The third-order valence-electron chi connectivity index (χ3n) is 2.31. The summed E-state index contributed by atoms with van der Waals surface area (Å²) in [7, 11) is 1.42. The summed E-state index contributed by atoms with van der Waals surface area (Å²) in [5.74, 6) is -0.484. The predicted molar refractivity (Wildman–Crippen MR) is 60.9 cm³/mol. The first kappa shape index (κ1) is 12.7. The van der Waals surface area contributed by atoms with Gasteiger partial charge in [0.05, 0.1) is 0 Å². The number of carbonyl (C=O) groups is 1. The highest BCUT2D eigenvalue weighted by molar-refractivity contribution is 6.21. The zero-order chi connectivity index (χ0) is 13.5. The van der Waals surface area contributed by atoms with E-state index in [2.05, 4.69) is 15.4 Å². The van der Waals surface area contributed by atoms with Gasteiger partial charge in [-0.1, -0.05) is 0 Å². The first-order valence-corrected chi connectivity index (χ1v) is 5.37. The number of hydrogen-bond donors (Lipinski definition) is 1. The highest BCUT2D eigenvalue weighted by Crippen LogP contribution is 2.32. The quantitative estimate of drug-likeness (QED) is 0.848. The number of alkyl halides is 3. The molecule has 96 valence electrons. The van der Waals surface area contributed by atoms with Gasteiger partial charge in [-0.25, -0.2) is 9.50 Å². The topological polar surface area (TPSA) is 59.3 Å². The third-order valence-corrected chi connectivity index (χ3v) is 2.50. The van der Waals surface area contributed by atoms with Crippen molar-refractivity contribution in [2.24, 2.45) is 0 Å². The Morgan fingerprint density at radius 1 is 1.50 bits per heavy atom. The van der Waals surface area contributed by atoms with E-state index in [1.165, 1.54) is 13.1 Å². The van der Waals surface area contributed by atoms with Gasteiger partial charge >= 0.3 is 5.38 Å². The Balaban J connectivity index is 2.72. The smallest absolute Gasteiger partial charge is 0.354 e. The maximum atomic E-state index is 13.2. The largest absolute Gasteiger partial charge is 0.364 e. The number of aromatic nitrogens is 3. The molecule has 0 saturated heterocycles. The first-order chi connectivity index (χ1) is 8.32. The molecule has 0 aliphatic carbocycles. The molecule has 0 atom stereocenters. The summed E-state index contributed by atoms with van der Waals surface area (Å²) in [5.41, 5.74) is -0.0234. The summed E-state index contributed by atoms with van der Waals surface area (Å²) in [6.07, 6.45) is 0. The number of nitrogens with one attached hydrogen (secondary N) is 1. The molecule has 0 radical (unpaired) electrons. The number of rotatable bonds is 2. The molecule has 0 spiro atoms. The van der Waals surface area contributed by atoms with Crippen LogP contribution in [0.15, 0.2) is 12.1 Å². The van der Waals surface area contributed by atoms with Crippen molar-refractivity contribution in [3.63, 3.8) is 0 Å². The van der Waals surface area contributed by atoms with Crippen LogP contribution in [0, 0.1) is 6.92 Å². The number of fused-ring (bicyclic) bond motifs is 1. The van der Waals surface area contributed by atoms with E-state index in [-0.39, 0.29) is 11.3 Å². The summed E-state index contributed by atoms with van der Waals surface area (Å²) < 4.78 is 27.3. The molecule has 18 heavy (non-hydrogen) atoms. The van der Waals surface area contributed by atoms with Crippen LogP contribution in [-0.2, 0) is 5.38 Å². The molecule has 8 heteroatoms. The molecule has 0 aliphatic heterocycles. The highest BCUT2D eigenvalue weighted by Gasteiger charge is 2.32. The monoisotopic (exact) mass is 274 g/mol. The van der Waals surface area contributed by atoms with E-state index in [0.717, 1.165) is 10.6 Å². The van der Waals surface area contributed by atoms with Gasteiger partial charge in [-0.15, -0.1) is 0 Å². The summed E-state index contributed by atoms with van der Waals surface area (Å²) >= 11 is 5.01. The average Bonchev–Trinajstić information content (AvgIpc) is 2.68. The molecule has 1 N–H and O–H groups in total. The van der Waals surface area contributed by atoms with E-state index >= 15 is 0 Å². The van der Waals surface area contributed by atoms with Gasteiger partial charge in [0, 0.05) is 18.8 Å². The number of halogens is 3. The summed E-state index contributed by atoms with van der Waals surface area (Å²) in [6.45, 7) is 1.55. The van der Waals surface area contributed by atoms with Gasteiger partial charge in [-0.3, -0.25) is 4.79 Å². The molecule has 5 nitrogen and oxygen atoms in total. The second-order valence-corrected chi connectivity index (χ2v) is 4.13. The van der Waals surface area contributed by atoms with E-state index in [4.69, 9.17) is 11.6 Å². The molecule has 0 saturated carbocycles. The van der Waals surface area contributed by atoms with Crippen molar-refractivity contribution in [3.8, 4) is 0 Å². The Kier molecular flexibility index (Phi) is 2.94. The van der Waals surface area contributed by atoms with Crippen molar-refractivity contribution in [3.05, 3.63) is 29.2 Å². The molecule has 2 aromatic rings. The fourth-order valence-electron chi connectivity index (χ4n) is 1.54. The standard InChI is InChI=1S/C10H9ClF2N4O/c1-5-3-7(10(11,12)13)17-8(15-5)4-6(16-17)9(18)14-2/h3-4H,1-2H3,(H,14,18). The Hall–Kier alpha value is -1.76. The Morgan fingerprint density at radius 3 is 2.72 bits per heavy atom. The molecule has 2 heterocycles. The van der Waals surface area contributed by atoms with E-state index in [1.54, 1.807) is 6.92 Å². The maximum Gasteiger partial charge on any atom is 0.364 e. The van der Waals surface area contributed by atoms with Crippen LogP contribution in [0.4, 0.5) is 8.78 Å². The normalized spacial score (nSPS) is 11.8. The van der Waals surface area contributed by atoms with Gasteiger partial charge in [0.25, 0.3) is 5.91 Å². The Labute approximate surface area is 106 Å². The SMILES string of the molecule is CNC(=O)c1cc2nc(C)cc(C(F)(F)Cl)n2n1. The lowest BCUT2D eigenvalue weighted by Crippen LogP contribution is -2.19. The van der Waals surface area contributed by atoms with Crippen LogP contribution in [0.3, 0.4) is 0 Å². The van der Waals surface area contributed by atoms with Crippen molar-refractivity contribution in [1.29, 1.82) is 0 Å². The summed E-state index contributed by atoms with van der Waals surface area (Å²) in [5, 5.41) is 2.54. The molecule has 2 aromatic heterocycles. The van der Waals surface area contributed by atoms with Crippen molar-refractivity contribution >= 4 is 23.2 Å². The Morgan fingerprint density at radius 2 is 2.17 bits per heavy atom.